The maximum Gasteiger partial charge on any atom is 0.312 e. The van der Waals surface area contributed by atoms with Crippen LogP contribution in [0.25, 0.3) is 0 Å². The first-order chi connectivity index (χ1) is 16.5. The number of Topliss-reactive ketones (excluding diaryl/α,β-unsaturated/α-hetero) is 1. The molecule has 3 fully saturated rings. The van der Waals surface area contributed by atoms with Crippen LogP contribution in [0.15, 0.2) is 11.6 Å². The molecule has 0 amide bonds. The molecule has 204 valence electrons. The van der Waals surface area contributed by atoms with E-state index >= 15 is 0 Å². The molecule has 36 heavy (non-hydrogen) atoms. The second-order valence-corrected chi connectivity index (χ2v) is 19.1. The SMILES string of the molecule is CCOC(=O)[C@@H](C)[C@@]1(O)C(=O)C[C@H]2[C@@H]3CC=C4C[C@@H](O[Si](C)(C)C(C)(C)C)CC[C@]4(C)[C@H]3CC[C@@]21C. The Bertz CT molecular complexity index is 934. The number of hydrogen-bond acceptors (Lipinski definition) is 5. The second kappa shape index (κ2) is 9.05. The van der Waals surface area contributed by atoms with E-state index in [-0.39, 0.29) is 28.8 Å². The van der Waals surface area contributed by atoms with Crippen LogP contribution in [0.5, 0.6) is 0 Å². The minimum absolute atomic E-state index is 0.0986. The average Bonchev–Trinajstić information content (AvgIpc) is 2.99. The van der Waals surface area contributed by atoms with Crippen LogP contribution < -0.4 is 0 Å². The molecule has 0 saturated heterocycles. The summed E-state index contributed by atoms with van der Waals surface area (Å²) in [5, 5.41) is 12.1. The molecular formula is C30H50O5Si. The third-order valence-electron chi connectivity index (χ3n) is 11.7. The Kier molecular flexibility index (Phi) is 7.05. The Labute approximate surface area is 219 Å². The normalized spacial score (nSPS) is 41.6. The standard InChI is InChI=1S/C30H50O5Si/c1-10-34-26(32)19(2)30(33)25(31)18-24-22-12-11-20-17-21(35-36(8,9)27(3,4)5)13-15-28(20,6)23(22)14-16-29(24,30)7/h11,19,21-24,33H,10,12-18H2,1-9H3/t19-,21+,22-,23+,24+,28+,29+,30-/m1/s1. The molecule has 3 saturated carbocycles. The molecule has 0 aromatic heterocycles. The van der Waals surface area contributed by atoms with Crippen LogP contribution >= 0.6 is 0 Å². The van der Waals surface area contributed by atoms with Gasteiger partial charge in [0, 0.05) is 17.9 Å². The minimum atomic E-state index is -1.82. The van der Waals surface area contributed by atoms with Crippen LogP contribution in [0.3, 0.4) is 0 Å². The van der Waals surface area contributed by atoms with E-state index in [2.05, 4.69) is 53.8 Å². The lowest BCUT2D eigenvalue weighted by atomic mass is 9.46. The summed E-state index contributed by atoms with van der Waals surface area (Å²) < 4.78 is 12.1. The Morgan fingerprint density at radius 3 is 2.44 bits per heavy atom. The monoisotopic (exact) mass is 518 g/mol. The van der Waals surface area contributed by atoms with E-state index in [0.29, 0.717) is 24.4 Å². The van der Waals surface area contributed by atoms with Gasteiger partial charge in [-0.1, -0.05) is 46.3 Å². The number of ether oxygens (including phenoxy) is 1. The van der Waals surface area contributed by atoms with Gasteiger partial charge < -0.3 is 14.3 Å². The van der Waals surface area contributed by atoms with E-state index in [4.69, 9.17) is 9.16 Å². The van der Waals surface area contributed by atoms with Gasteiger partial charge in [-0.05, 0) is 93.7 Å². The van der Waals surface area contributed by atoms with Gasteiger partial charge in [-0.25, -0.2) is 0 Å². The fraction of sp³-hybridized carbons (Fsp3) is 0.867. The number of aliphatic hydroxyl groups is 1. The quantitative estimate of drug-likeness (QED) is 0.257. The fourth-order valence-electron chi connectivity index (χ4n) is 8.34. The van der Waals surface area contributed by atoms with Crippen molar-refractivity contribution in [3.05, 3.63) is 11.6 Å². The van der Waals surface area contributed by atoms with Gasteiger partial charge in [0.1, 0.15) is 5.60 Å². The molecule has 0 bridgehead atoms. The molecule has 5 nitrogen and oxygen atoms in total. The molecular weight excluding hydrogens is 468 g/mol. The molecule has 0 aromatic rings. The molecule has 8 atom stereocenters. The van der Waals surface area contributed by atoms with Gasteiger partial charge in [0.2, 0.25) is 0 Å². The number of rotatable bonds is 5. The van der Waals surface area contributed by atoms with Crippen LogP contribution in [-0.4, -0.2) is 43.5 Å². The predicted molar refractivity (Wildman–Crippen MR) is 145 cm³/mol. The zero-order chi connectivity index (χ0) is 26.9. The summed E-state index contributed by atoms with van der Waals surface area (Å²) in [6.07, 6.45) is 9.10. The number of allylic oxidation sites excluding steroid dienone is 1. The van der Waals surface area contributed by atoms with Gasteiger partial charge >= 0.3 is 5.97 Å². The maximum atomic E-state index is 13.4. The Morgan fingerprint density at radius 1 is 1.17 bits per heavy atom. The smallest absolute Gasteiger partial charge is 0.312 e. The van der Waals surface area contributed by atoms with Gasteiger partial charge in [0.15, 0.2) is 14.1 Å². The van der Waals surface area contributed by atoms with Crippen molar-refractivity contribution in [3.8, 4) is 0 Å². The fourth-order valence-corrected chi connectivity index (χ4v) is 9.73. The molecule has 4 aliphatic carbocycles. The summed E-state index contributed by atoms with van der Waals surface area (Å²) >= 11 is 0. The zero-order valence-electron chi connectivity index (χ0n) is 24.2. The number of esters is 1. The van der Waals surface area contributed by atoms with E-state index in [1.54, 1.807) is 19.4 Å². The highest BCUT2D eigenvalue weighted by atomic mass is 28.4. The van der Waals surface area contributed by atoms with Crippen molar-refractivity contribution >= 4 is 20.1 Å². The summed E-state index contributed by atoms with van der Waals surface area (Å²) in [5.74, 6) is -0.496. The third kappa shape index (κ3) is 4.00. The van der Waals surface area contributed by atoms with Crippen molar-refractivity contribution in [1.82, 2.24) is 0 Å². The van der Waals surface area contributed by atoms with Gasteiger partial charge in [-0.2, -0.15) is 0 Å². The highest BCUT2D eigenvalue weighted by molar-refractivity contribution is 6.74. The Balaban J connectivity index is 1.58. The topological polar surface area (TPSA) is 72.8 Å². The minimum Gasteiger partial charge on any atom is -0.466 e. The molecule has 1 N–H and O–H groups in total. The molecule has 0 aliphatic heterocycles. The van der Waals surface area contributed by atoms with Crippen LogP contribution in [0.2, 0.25) is 18.1 Å². The maximum absolute atomic E-state index is 13.4. The Morgan fingerprint density at radius 2 is 1.83 bits per heavy atom. The molecule has 0 aromatic carbocycles. The van der Waals surface area contributed by atoms with Crippen molar-refractivity contribution in [3.63, 3.8) is 0 Å². The lowest BCUT2D eigenvalue weighted by Gasteiger charge is -2.59. The number of hydrogen-bond donors (Lipinski definition) is 1. The van der Waals surface area contributed by atoms with Gasteiger partial charge in [-0.3, -0.25) is 9.59 Å². The number of ketones is 1. The summed E-state index contributed by atoms with van der Waals surface area (Å²) in [7, 11) is -1.82. The predicted octanol–water partition coefficient (Wildman–Crippen LogP) is 6.45. The summed E-state index contributed by atoms with van der Waals surface area (Å²) in [6.45, 7) is 19.8. The third-order valence-corrected chi connectivity index (χ3v) is 16.2. The van der Waals surface area contributed by atoms with Gasteiger partial charge in [0.25, 0.3) is 0 Å². The van der Waals surface area contributed by atoms with E-state index in [1.807, 2.05) is 0 Å². The van der Waals surface area contributed by atoms with Crippen LogP contribution in [0.4, 0.5) is 0 Å². The highest BCUT2D eigenvalue weighted by Crippen LogP contribution is 2.67. The van der Waals surface area contributed by atoms with Gasteiger partial charge in [-0.15, -0.1) is 0 Å². The largest absolute Gasteiger partial charge is 0.466 e. The van der Waals surface area contributed by atoms with E-state index in [1.165, 1.54) is 0 Å². The lowest BCUT2D eigenvalue weighted by Crippen LogP contribution is -2.60. The van der Waals surface area contributed by atoms with Crippen LogP contribution in [0.1, 0.15) is 93.4 Å². The van der Waals surface area contributed by atoms with Crippen molar-refractivity contribution in [2.75, 3.05) is 6.61 Å². The van der Waals surface area contributed by atoms with Crippen molar-refractivity contribution in [2.45, 2.75) is 123 Å². The summed E-state index contributed by atoms with van der Waals surface area (Å²) in [6, 6.07) is 0. The van der Waals surface area contributed by atoms with Crippen molar-refractivity contribution in [1.29, 1.82) is 0 Å². The molecule has 4 rings (SSSR count). The molecule has 6 heteroatoms. The second-order valence-electron chi connectivity index (χ2n) is 14.3. The van der Waals surface area contributed by atoms with Crippen LogP contribution in [-0.2, 0) is 18.8 Å². The molecule has 0 unspecified atom stereocenters. The van der Waals surface area contributed by atoms with E-state index < -0.39 is 31.2 Å². The van der Waals surface area contributed by atoms with E-state index in [0.717, 1.165) is 38.5 Å². The molecule has 0 heterocycles. The van der Waals surface area contributed by atoms with E-state index in [9.17, 15) is 14.7 Å². The average molecular weight is 519 g/mol. The number of carbonyl (C=O) groups excluding carboxylic acids is 2. The zero-order valence-corrected chi connectivity index (χ0v) is 25.2. The summed E-state index contributed by atoms with van der Waals surface area (Å²) in [4.78, 5) is 26.1. The van der Waals surface area contributed by atoms with Gasteiger partial charge in [0.05, 0.1) is 12.5 Å². The summed E-state index contributed by atoms with van der Waals surface area (Å²) in [5.41, 5.74) is -0.550. The Hall–Kier alpha value is -0.983. The first-order valence-corrected chi connectivity index (χ1v) is 17.2. The molecule has 0 spiro atoms. The lowest BCUT2D eigenvalue weighted by molar-refractivity contribution is -0.182. The van der Waals surface area contributed by atoms with Crippen LogP contribution in [0, 0.1) is 34.5 Å². The molecule has 0 radical (unpaired) electrons. The molecule has 4 aliphatic rings. The van der Waals surface area contributed by atoms with Crippen molar-refractivity contribution < 1.29 is 23.9 Å². The number of carbonyl (C=O) groups is 2. The van der Waals surface area contributed by atoms with Crippen molar-refractivity contribution in [2.24, 2.45) is 34.5 Å². The highest BCUT2D eigenvalue weighted by Gasteiger charge is 2.70. The first kappa shape index (κ1) is 28.0. The first-order valence-electron chi connectivity index (χ1n) is 14.3. The number of fused-ring (bicyclic) bond motifs is 5.